The maximum absolute atomic E-state index is 9.19. The number of aliphatic hydroxyl groups is 1. The maximum atomic E-state index is 9.19. The zero-order chi connectivity index (χ0) is 12.8. The van der Waals surface area contributed by atoms with Gasteiger partial charge in [0.15, 0.2) is 5.84 Å². The Balaban J connectivity index is 2.67. The third kappa shape index (κ3) is 3.92. The minimum atomic E-state index is -0.325. The van der Waals surface area contributed by atoms with Gasteiger partial charge in [-0.05, 0) is 25.5 Å². The second kappa shape index (κ2) is 6.05. The molecule has 1 unspecified atom stereocenters. The number of rotatable bonds is 5. The Morgan fingerprint density at radius 3 is 2.76 bits per heavy atom. The van der Waals surface area contributed by atoms with Crippen LogP contribution < -0.4 is 10.6 Å². The zero-order valence-electron chi connectivity index (χ0n) is 10.0. The van der Waals surface area contributed by atoms with E-state index in [1.807, 2.05) is 11.9 Å². The Bertz CT molecular complexity index is 376. The van der Waals surface area contributed by atoms with E-state index in [1.54, 1.807) is 25.3 Å². The van der Waals surface area contributed by atoms with Crippen molar-refractivity contribution in [2.45, 2.75) is 19.4 Å². The Hall–Kier alpha value is -1.82. The predicted octanol–water partition coefficient (Wildman–Crippen LogP) is 0.383. The van der Waals surface area contributed by atoms with Gasteiger partial charge in [-0.2, -0.15) is 0 Å². The summed E-state index contributed by atoms with van der Waals surface area (Å²) in [6.07, 6.45) is 1.90. The fourth-order valence-electron chi connectivity index (χ4n) is 1.32. The zero-order valence-corrected chi connectivity index (χ0v) is 10.0. The molecule has 1 rings (SSSR count). The van der Waals surface area contributed by atoms with Crippen molar-refractivity contribution in [1.29, 1.82) is 0 Å². The van der Waals surface area contributed by atoms with Crippen molar-refractivity contribution in [3.63, 3.8) is 0 Å². The van der Waals surface area contributed by atoms with Gasteiger partial charge in [0.2, 0.25) is 0 Å². The molecule has 0 bridgehead atoms. The van der Waals surface area contributed by atoms with Crippen LogP contribution in [-0.2, 0) is 0 Å². The molecule has 17 heavy (non-hydrogen) atoms. The van der Waals surface area contributed by atoms with Gasteiger partial charge in [-0.3, -0.25) is 0 Å². The van der Waals surface area contributed by atoms with Crippen LogP contribution in [0.15, 0.2) is 23.5 Å². The first-order valence-electron chi connectivity index (χ1n) is 5.37. The fraction of sp³-hybridized carbons (Fsp3) is 0.455. The van der Waals surface area contributed by atoms with Gasteiger partial charge in [0.25, 0.3) is 0 Å². The van der Waals surface area contributed by atoms with E-state index in [0.717, 1.165) is 5.82 Å². The van der Waals surface area contributed by atoms with E-state index in [1.165, 1.54) is 0 Å². The highest BCUT2D eigenvalue weighted by Gasteiger charge is 2.05. The summed E-state index contributed by atoms with van der Waals surface area (Å²) < 4.78 is 0. The Morgan fingerprint density at radius 1 is 1.59 bits per heavy atom. The number of nitrogens with two attached hydrogens (primary N) is 1. The Kier molecular flexibility index (Phi) is 4.71. The molecule has 1 atom stereocenters. The summed E-state index contributed by atoms with van der Waals surface area (Å²) in [5.74, 6) is 0.816. The molecule has 0 aliphatic carbocycles. The third-order valence-corrected chi connectivity index (χ3v) is 2.42. The van der Waals surface area contributed by atoms with Crippen LogP contribution in [0.25, 0.3) is 0 Å². The highest BCUT2D eigenvalue weighted by molar-refractivity contribution is 5.96. The molecule has 1 heterocycles. The quantitative estimate of drug-likeness (QED) is 0.298. The number of anilines is 1. The number of hydrogen-bond donors (Lipinski definition) is 3. The highest BCUT2D eigenvalue weighted by atomic mass is 16.4. The molecule has 6 heteroatoms. The average molecular weight is 238 g/mol. The summed E-state index contributed by atoms with van der Waals surface area (Å²) in [5, 5.41) is 20.6. The molecule has 0 aliphatic rings. The lowest BCUT2D eigenvalue weighted by Gasteiger charge is -2.18. The molecule has 0 spiro atoms. The normalized spacial score (nSPS) is 13.5. The first kappa shape index (κ1) is 13.2. The number of nitrogens with zero attached hydrogens (tertiary/aromatic N) is 3. The summed E-state index contributed by atoms with van der Waals surface area (Å²) in [7, 11) is 1.90. The summed E-state index contributed by atoms with van der Waals surface area (Å²) in [5.41, 5.74) is 6.00. The van der Waals surface area contributed by atoms with Crippen LogP contribution in [0.1, 0.15) is 18.9 Å². The van der Waals surface area contributed by atoms with Gasteiger partial charge in [-0.1, -0.05) is 5.16 Å². The second-order valence-electron chi connectivity index (χ2n) is 3.95. The van der Waals surface area contributed by atoms with Crippen molar-refractivity contribution >= 4 is 11.7 Å². The molecule has 0 aliphatic heterocycles. The molecule has 1 aromatic heterocycles. The summed E-state index contributed by atoms with van der Waals surface area (Å²) >= 11 is 0. The van der Waals surface area contributed by atoms with Crippen molar-refractivity contribution in [2.24, 2.45) is 10.9 Å². The van der Waals surface area contributed by atoms with Gasteiger partial charge >= 0.3 is 0 Å². The van der Waals surface area contributed by atoms with Crippen LogP contribution in [0.3, 0.4) is 0 Å². The molecular weight excluding hydrogens is 220 g/mol. The van der Waals surface area contributed by atoms with Crippen molar-refractivity contribution < 1.29 is 10.3 Å². The monoisotopic (exact) mass is 238 g/mol. The van der Waals surface area contributed by atoms with E-state index < -0.39 is 0 Å². The number of pyridine rings is 1. The van der Waals surface area contributed by atoms with Crippen molar-refractivity contribution in [2.75, 3.05) is 18.5 Å². The SMILES string of the molecule is CC(O)CCN(C)c1ccc(/C(N)=N/O)cn1. The van der Waals surface area contributed by atoms with Crippen LogP contribution in [-0.4, -0.2) is 40.8 Å². The van der Waals surface area contributed by atoms with Gasteiger partial charge in [0, 0.05) is 25.4 Å². The Labute approximate surface area is 100 Å². The van der Waals surface area contributed by atoms with E-state index in [4.69, 9.17) is 10.9 Å². The summed E-state index contributed by atoms with van der Waals surface area (Å²) in [6, 6.07) is 3.52. The second-order valence-corrected chi connectivity index (χ2v) is 3.95. The van der Waals surface area contributed by atoms with Gasteiger partial charge in [-0.15, -0.1) is 0 Å². The van der Waals surface area contributed by atoms with E-state index >= 15 is 0 Å². The number of aromatic nitrogens is 1. The van der Waals surface area contributed by atoms with Crippen LogP contribution >= 0.6 is 0 Å². The molecule has 4 N–H and O–H groups in total. The van der Waals surface area contributed by atoms with Gasteiger partial charge < -0.3 is 20.9 Å². The molecule has 0 fully saturated rings. The fourth-order valence-corrected chi connectivity index (χ4v) is 1.32. The molecule has 1 aromatic rings. The standard InChI is InChI=1S/C11H18N4O2/c1-8(16)5-6-15(2)10-4-3-9(7-13-10)11(12)14-17/h3-4,7-8,16-17H,5-6H2,1-2H3,(H2,12,14). The molecule has 0 amide bonds. The first-order valence-corrected chi connectivity index (χ1v) is 5.37. The Morgan fingerprint density at radius 2 is 2.29 bits per heavy atom. The molecular formula is C11H18N4O2. The van der Waals surface area contributed by atoms with Crippen LogP contribution in [0.5, 0.6) is 0 Å². The van der Waals surface area contributed by atoms with E-state index in [-0.39, 0.29) is 11.9 Å². The largest absolute Gasteiger partial charge is 0.409 e. The molecule has 0 saturated carbocycles. The molecule has 6 nitrogen and oxygen atoms in total. The lowest BCUT2D eigenvalue weighted by atomic mass is 10.2. The number of oxime groups is 1. The predicted molar refractivity (Wildman–Crippen MR) is 66.3 cm³/mol. The maximum Gasteiger partial charge on any atom is 0.171 e. The third-order valence-electron chi connectivity index (χ3n) is 2.42. The first-order chi connectivity index (χ1) is 8.04. The topological polar surface area (TPSA) is 95.0 Å². The van der Waals surface area contributed by atoms with E-state index in [2.05, 4.69) is 10.1 Å². The number of amidine groups is 1. The number of hydrogen-bond acceptors (Lipinski definition) is 5. The molecule has 0 radical (unpaired) electrons. The molecule has 94 valence electrons. The summed E-state index contributed by atoms with van der Waals surface area (Å²) in [4.78, 5) is 6.13. The molecule has 0 aromatic carbocycles. The van der Waals surface area contributed by atoms with Crippen LogP contribution in [0.2, 0.25) is 0 Å². The van der Waals surface area contributed by atoms with E-state index in [9.17, 15) is 5.11 Å². The van der Waals surface area contributed by atoms with Crippen LogP contribution in [0, 0.1) is 0 Å². The van der Waals surface area contributed by atoms with E-state index in [0.29, 0.717) is 18.5 Å². The highest BCUT2D eigenvalue weighted by Crippen LogP contribution is 2.10. The van der Waals surface area contributed by atoms with Crippen molar-refractivity contribution in [3.05, 3.63) is 23.9 Å². The van der Waals surface area contributed by atoms with Gasteiger partial charge in [-0.25, -0.2) is 4.98 Å². The van der Waals surface area contributed by atoms with Crippen LogP contribution in [0.4, 0.5) is 5.82 Å². The smallest absolute Gasteiger partial charge is 0.171 e. The van der Waals surface area contributed by atoms with Crippen molar-refractivity contribution in [3.8, 4) is 0 Å². The van der Waals surface area contributed by atoms with Gasteiger partial charge in [0.05, 0.1) is 6.10 Å². The van der Waals surface area contributed by atoms with Crippen molar-refractivity contribution in [1.82, 2.24) is 4.98 Å². The molecule has 0 saturated heterocycles. The summed E-state index contributed by atoms with van der Waals surface area (Å²) in [6.45, 7) is 2.47. The minimum Gasteiger partial charge on any atom is -0.409 e. The lowest BCUT2D eigenvalue weighted by molar-refractivity contribution is 0.187. The average Bonchev–Trinajstić information content (AvgIpc) is 2.35. The number of aliphatic hydroxyl groups excluding tert-OH is 1. The lowest BCUT2D eigenvalue weighted by Crippen LogP contribution is -2.23. The van der Waals surface area contributed by atoms with Gasteiger partial charge in [0.1, 0.15) is 5.82 Å². The minimum absolute atomic E-state index is 0.0377.